The van der Waals surface area contributed by atoms with Gasteiger partial charge in [0, 0.05) is 17.7 Å². The van der Waals surface area contributed by atoms with Crippen LogP contribution >= 0.6 is 23.2 Å². The normalized spacial score (nSPS) is 10.7. The molecular formula is C17H15Cl2NO3Si. The molecule has 24 heavy (non-hydrogen) atoms. The van der Waals surface area contributed by atoms with Crippen molar-refractivity contribution in [2.75, 3.05) is 0 Å². The van der Waals surface area contributed by atoms with Crippen LogP contribution in [0.1, 0.15) is 5.56 Å². The molecule has 4 nitrogen and oxygen atoms in total. The van der Waals surface area contributed by atoms with Crippen molar-refractivity contribution in [3.05, 3.63) is 62.1 Å². The lowest BCUT2D eigenvalue weighted by Gasteiger charge is -2.10. The lowest BCUT2D eigenvalue weighted by atomic mass is 10.2. The lowest BCUT2D eigenvalue weighted by Crippen LogP contribution is -2.16. The highest BCUT2D eigenvalue weighted by atomic mass is 35.5. The summed E-state index contributed by atoms with van der Waals surface area (Å²) in [6, 6.07) is 9.08. The predicted molar refractivity (Wildman–Crippen MR) is 99.9 cm³/mol. The highest BCUT2D eigenvalue weighted by molar-refractivity contribution is 6.83. The molecule has 0 atom stereocenters. The summed E-state index contributed by atoms with van der Waals surface area (Å²) in [4.78, 5) is 10.2. The highest BCUT2D eigenvalue weighted by Gasteiger charge is 2.13. The summed E-state index contributed by atoms with van der Waals surface area (Å²) < 4.78 is 5.65. The van der Waals surface area contributed by atoms with E-state index in [-0.39, 0.29) is 5.69 Å². The molecule has 0 heterocycles. The number of halogens is 2. The summed E-state index contributed by atoms with van der Waals surface area (Å²) >= 11 is 12.5. The van der Waals surface area contributed by atoms with Crippen LogP contribution in [0.15, 0.2) is 36.4 Å². The van der Waals surface area contributed by atoms with E-state index in [2.05, 4.69) is 31.1 Å². The maximum atomic E-state index is 10.7. The summed E-state index contributed by atoms with van der Waals surface area (Å²) in [5.41, 5.74) is 3.95. The minimum atomic E-state index is -1.50. The molecule has 0 aliphatic carbocycles. The van der Waals surface area contributed by atoms with E-state index in [1.807, 2.05) is 0 Å². The number of nitrogens with zero attached hydrogens (tertiary/aromatic N) is 1. The Bertz CT molecular complexity index is 811. The molecule has 0 unspecified atom stereocenters. The van der Waals surface area contributed by atoms with E-state index in [0.29, 0.717) is 21.5 Å². The molecule has 124 valence electrons. The minimum Gasteiger partial charge on any atom is -0.454 e. The van der Waals surface area contributed by atoms with Crippen LogP contribution in [0, 0.1) is 21.6 Å². The first-order chi connectivity index (χ1) is 11.2. The van der Waals surface area contributed by atoms with E-state index in [1.165, 1.54) is 24.3 Å². The minimum absolute atomic E-state index is 0.0171. The van der Waals surface area contributed by atoms with Gasteiger partial charge in [-0.2, -0.15) is 0 Å². The zero-order valence-corrected chi connectivity index (χ0v) is 15.9. The Balaban J connectivity index is 2.28. The molecule has 2 aromatic rings. The molecule has 0 aromatic heterocycles. The Labute approximate surface area is 151 Å². The van der Waals surface area contributed by atoms with E-state index in [1.54, 1.807) is 12.1 Å². The quantitative estimate of drug-likeness (QED) is 0.287. The first-order valence-corrected chi connectivity index (χ1v) is 11.4. The van der Waals surface area contributed by atoms with Crippen molar-refractivity contribution >= 4 is 37.0 Å². The van der Waals surface area contributed by atoms with Gasteiger partial charge in [0.2, 0.25) is 0 Å². The van der Waals surface area contributed by atoms with E-state index in [4.69, 9.17) is 27.9 Å². The monoisotopic (exact) mass is 379 g/mol. The van der Waals surface area contributed by atoms with Crippen LogP contribution in [0.5, 0.6) is 11.5 Å². The summed E-state index contributed by atoms with van der Waals surface area (Å²) in [5.74, 6) is 3.79. The molecule has 0 spiro atoms. The fourth-order valence-corrected chi connectivity index (χ4v) is 2.83. The van der Waals surface area contributed by atoms with Crippen LogP contribution < -0.4 is 4.74 Å². The summed E-state index contributed by atoms with van der Waals surface area (Å²) in [6.45, 7) is 6.44. The van der Waals surface area contributed by atoms with Crippen molar-refractivity contribution in [3.63, 3.8) is 0 Å². The van der Waals surface area contributed by atoms with E-state index in [0.717, 1.165) is 5.56 Å². The van der Waals surface area contributed by atoms with Gasteiger partial charge in [0.1, 0.15) is 13.8 Å². The third-order valence-electron chi connectivity index (χ3n) is 2.85. The van der Waals surface area contributed by atoms with E-state index >= 15 is 0 Å². The number of non-ortho nitro benzene ring substituents is 1. The fraction of sp³-hybridized carbons (Fsp3) is 0.176. The van der Waals surface area contributed by atoms with E-state index in [9.17, 15) is 10.1 Å². The molecule has 0 radical (unpaired) electrons. The highest BCUT2D eigenvalue weighted by Crippen LogP contribution is 2.37. The zero-order valence-electron chi connectivity index (χ0n) is 13.4. The van der Waals surface area contributed by atoms with Crippen LogP contribution in [0.3, 0.4) is 0 Å². The number of hydrogen-bond acceptors (Lipinski definition) is 3. The number of hydrogen-bond donors (Lipinski definition) is 0. The lowest BCUT2D eigenvalue weighted by molar-refractivity contribution is -0.384. The van der Waals surface area contributed by atoms with Crippen molar-refractivity contribution < 1.29 is 9.66 Å². The van der Waals surface area contributed by atoms with Gasteiger partial charge in [-0.25, -0.2) is 0 Å². The Morgan fingerprint density at radius 3 is 2.08 bits per heavy atom. The van der Waals surface area contributed by atoms with Crippen molar-refractivity contribution in [2.45, 2.75) is 19.6 Å². The second kappa shape index (κ2) is 7.26. The molecule has 0 saturated carbocycles. The second-order valence-electron chi connectivity index (χ2n) is 6.12. The van der Waals surface area contributed by atoms with Crippen LogP contribution in [-0.4, -0.2) is 13.0 Å². The number of rotatable bonds is 3. The zero-order chi connectivity index (χ0) is 17.9. The maximum Gasteiger partial charge on any atom is 0.269 e. The number of benzene rings is 2. The molecule has 0 bridgehead atoms. The van der Waals surface area contributed by atoms with Crippen molar-refractivity contribution in [3.8, 4) is 23.0 Å². The molecule has 0 saturated heterocycles. The van der Waals surface area contributed by atoms with Gasteiger partial charge >= 0.3 is 0 Å². The van der Waals surface area contributed by atoms with Gasteiger partial charge in [0.25, 0.3) is 5.69 Å². The van der Waals surface area contributed by atoms with Gasteiger partial charge in [0.15, 0.2) is 5.75 Å². The Morgan fingerprint density at radius 1 is 1.08 bits per heavy atom. The predicted octanol–water partition coefficient (Wildman–Crippen LogP) is 5.92. The largest absolute Gasteiger partial charge is 0.454 e. The molecule has 0 aliphatic heterocycles. The molecule has 0 aliphatic rings. The summed E-state index contributed by atoms with van der Waals surface area (Å²) in [7, 11) is -1.50. The van der Waals surface area contributed by atoms with Crippen LogP contribution in [-0.2, 0) is 0 Å². The average Bonchev–Trinajstić information content (AvgIpc) is 2.48. The first kappa shape index (κ1) is 18.3. The van der Waals surface area contributed by atoms with Crippen LogP contribution in [0.4, 0.5) is 5.69 Å². The third-order valence-corrected chi connectivity index (χ3v) is 4.28. The van der Waals surface area contributed by atoms with Gasteiger partial charge < -0.3 is 4.74 Å². The van der Waals surface area contributed by atoms with Gasteiger partial charge in [-0.05, 0) is 24.3 Å². The topological polar surface area (TPSA) is 52.4 Å². The van der Waals surface area contributed by atoms with Crippen LogP contribution in [0.25, 0.3) is 0 Å². The van der Waals surface area contributed by atoms with Crippen molar-refractivity contribution in [1.82, 2.24) is 0 Å². The second-order valence-corrected chi connectivity index (χ2v) is 11.7. The molecule has 2 aromatic carbocycles. The standard InChI is InChI=1S/C17H15Cl2NO3Si/c1-24(2,3)9-8-12-10-15(18)17(16(19)11-12)23-14-6-4-13(5-7-14)20(21)22/h4-7,10-11H,1-3H3. The Hall–Kier alpha value is -2.00. The van der Waals surface area contributed by atoms with E-state index < -0.39 is 13.0 Å². The van der Waals surface area contributed by atoms with Gasteiger partial charge in [0.05, 0.1) is 15.0 Å². The number of nitro groups is 1. The van der Waals surface area contributed by atoms with Crippen LogP contribution in [0.2, 0.25) is 29.7 Å². The molecular weight excluding hydrogens is 365 g/mol. The first-order valence-electron chi connectivity index (χ1n) is 7.10. The fourth-order valence-electron chi connectivity index (χ4n) is 1.74. The van der Waals surface area contributed by atoms with Gasteiger partial charge in [-0.3, -0.25) is 10.1 Å². The number of ether oxygens (including phenoxy) is 1. The van der Waals surface area contributed by atoms with Gasteiger partial charge in [-0.1, -0.05) is 48.8 Å². The smallest absolute Gasteiger partial charge is 0.269 e. The molecule has 0 N–H and O–H groups in total. The molecule has 0 amide bonds. The van der Waals surface area contributed by atoms with Gasteiger partial charge in [-0.15, -0.1) is 5.54 Å². The maximum absolute atomic E-state index is 10.7. The Kier molecular flexibility index (Phi) is 5.55. The SMILES string of the molecule is C[Si](C)(C)C#Cc1cc(Cl)c(Oc2ccc([N+](=O)[O-])cc2)c(Cl)c1. The summed E-state index contributed by atoms with van der Waals surface area (Å²) in [6.07, 6.45) is 0. The summed E-state index contributed by atoms with van der Waals surface area (Å²) in [5, 5.41) is 11.3. The van der Waals surface area contributed by atoms with Crippen molar-refractivity contribution in [2.24, 2.45) is 0 Å². The third kappa shape index (κ3) is 5.00. The molecule has 2 rings (SSSR count). The van der Waals surface area contributed by atoms with Crippen molar-refractivity contribution in [1.29, 1.82) is 0 Å². The average molecular weight is 380 g/mol. The molecule has 0 fully saturated rings. The Morgan fingerprint density at radius 2 is 1.62 bits per heavy atom. The molecule has 7 heteroatoms. The number of nitro benzene ring substituents is 1.